The molecule has 0 atom stereocenters. The average molecular weight is 431 g/mol. The minimum Gasteiger partial charge on any atom is -0.389 e. The lowest BCUT2D eigenvalue weighted by Crippen LogP contribution is -2.29. The molecule has 0 radical (unpaired) electrons. The highest BCUT2D eigenvalue weighted by atomic mass is 16.7. The Balaban J connectivity index is 1.57. The van der Waals surface area contributed by atoms with E-state index in [1.807, 2.05) is 53.2 Å². The summed E-state index contributed by atoms with van der Waals surface area (Å²) in [6, 6.07) is 13.8. The molecule has 4 aromatic rings. The van der Waals surface area contributed by atoms with Gasteiger partial charge in [0.1, 0.15) is 0 Å². The number of hydrogen-bond acceptors (Lipinski definition) is 7. The van der Waals surface area contributed by atoms with E-state index in [0.717, 1.165) is 33.8 Å². The molecule has 0 aliphatic carbocycles. The SMILES string of the molecule is CC(C)(O)CNc1cc(-c2ccncc2)nn2c(-c3ccc(C4OCCO4)cc3)cnc12. The second kappa shape index (κ2) is 8.31. The Kier molecular flexibility index (Phi) is 5.34. The fourth-order valence-electron chi connectivity index (χ4n) is 3.63. The number of ether oxygens (including phenoxy) is 2. The van der Waals surface area contributed by atoms with E-state index >= 15 is 0 Å². The number of fused-ring (bicyclic) bond motifs is 1. The number of pyridine rings is 1. The van der Waals surface area contributed by atoms with Crippen LogP contribution in [-0.4, -0.2) is 50.0 Å². The van der Waals surface area contributed by atoms with Crippen LogP contribution in [0.5, 0.6) is 0 Å². The van der Waals surface area contributed by atoms with Crippen molar-refractivity contribution in [3.8, 4) is 22.5 Å². The summed E-state index contributed by atoms with van der Waals surface area (Å²) in [5.74, 6) is 0. The molecule has 4 heterocycles. The molecule has 1 fully saturated rings. The molecule has 2 N–H and O–H groups in total. The van der Waals surface area contributed by atoms with E-state index in [9.17, 15) is 5.11 Å². The Bertz CT molecular complexity index is 1210. The van der Waals surface area contributed by atoms with Gasteiger partial charge in [0.05, 0.1) is 42.1 Å². The van der Waals surface area contributed by atoms with Crippen molar-refractivity contribution in [3.05, 3.63) is 66.6 Å². The number of hydrogen-bond donors (Lipinski definition) is 2. The lowest BCUT2D eigenvalue weighted by Gasteiger charge is -2.19. The van der Waals surface area contributed by atoms with Crippen LogP contribution in [0.2, 0.25) is 0 Å². The Morgan fingerprint density at radius 2 is 1.78 bits per heavy atom. The number of imidazole rings is 1. The highest BCUT2D eigenvalue weighted by molar-refractivity contribution is 5.77. The van der Waals surface area contributed by atoms with Crippen LogP contribution in [0, 0.1) is 0 Å². The molecule has 164 valence electrons. The summed E-state index contributed by atoms with van der Waals surface area (Å²) in [6.07, 6.45) is 4.99. The lowest BCUT2D eigenvalue weighted by atomic mass is 10.1. The first kappa shape index (κ1) is 20.6. The van der Waals surface area contributed by atoms with Crippen molar-refractivity contribution in [1.29, 1.82) is 0 Å². The smallest absolute Gasteiger partial charge is 0.184 e. The van der Waals surface area contributed by atoms with Crippen LogP contribution in [0.15, 0.2) is 61.1 Å². The summed E-state index contributed by atoms with van der Waals surface area (Å²) in [5, 5.41) is 18.4. The second-order valence-electron chi connectivity index (χ2n) is 8.42. The van der Waals surface area contributed by atoms with Gasteiger partial charge in [-0.25, -0.2) is 9.50 Å². The van der Waals surface area contributed by atoms with Crippen LogP contribution in [0.1, 0.15) is 25.7 Å². The van der Waals surface area contributed by atoms with E-state index in [2.05, 4.69) is 15.3 Å². The zero-order chi connectivity index (χ0) is 22.1. The Morgan fingerprint density at radius 3 is 2.47 bits per heavy atom. The molecule has 0 bridgehead atoms. The molecule has 0 amide bonds. The predicted molar refractivity (Wildman–Crippen MR) is 121 cm³/mol. The summed E-state index contributed by atoms with van der Waals surface area (Å²) in [7, 11) is 0. The van der Waals surface area contributed by atoms with E-state index in [1.165, 1.54) is 0 Å². The van der Waals surface area contributed by atoms with Crippen molar-refractivity contribution < 1.29 is 14.6 Å². The summed E-state index contributed by atoms with van der Waals surface area (Å²) in [5.41, 5.74) is 5.16. The number of rotatable bonds is 6. The average Bonchev–Trinajstić information content (AvgIpc) is 3.48. The van der Waals surface area contributed by atoms with Crippen LogP contribution < -0.4 is 5.32 Å². The highest BCUT2D eigenvalue weighted by Gasteiger charge is 2.20. The lowest BCUT2D eigenvalue weighted by molar-refractivity contribution is -0.0441. The molecule has 0 unspecified atom stereocenters. The van der Waals surface area contributed by atoms with Gasteiger partial charge in [-0.1, -0.05) is 24.3 Å². The normalized spacial score (nSPS) is 14.8. The molecule has 32 heavy (non-hydrogen) atoms. The topological polar surface area (TPSA) is 93.8 Å². The zero-order valence-corrected chi connectivity index (χ0v) is 18.0. The van der Waals surface area contributed by atoms with E-state index in [0.29, 0.717) is 25.4 Å². The van der Waals surface area contributed by atoms with Crippen molar-refractivity contribution in [1.82, 2.24) is 19.6 Å². The van der Waals surface area contributed by atoms with E-state index in [-0.39, 0.29) is 6.29 Å². The van der Waals surface area contributed by atoms with Gasteiger partial charge in [-0.15, -0.1) is 0 Å². The largest absolute Gasteiger partial charge is 0.389 e. The third kappa shape index (κ3) is 4.20. The van der Waals surface area contributed by atoms with Gasteiger partial charge in [0.2, 0.25) is 0 Å². The number of nitrogens with one attached hydrogen (secondary N) is 1. The van der Waals surface area contributed by atoms with Gasteiger partial charge >= 0.3 is 0 Å². The molecule has 8 nitrogen and oxygen atoms in total. The molecule has 5 rings (SSSR count). The van der Waals surface area contributed by atoms with E-state index in [4.69, 9.17) is 14.6 Å². The molecule has 8 heteroatoms. The summed E-state index contributed by atoms with van der Waals surface area (Å²) in [4.78, 5) is 8.73. The molecule has 1 aliphatic rings. The van der Waals surface area contributed by atoms with Gasteiger partial charge in [0.25, 0.3) is 0 Å². The highest BCUT2D eigenvalue weighted by Crippen LogP contribution is 2.30. The Labute approximate surface area is 185 Å². The monoisotopic (exact) mass is 431 g/mol. The minimum atomic E-state index is -0.868. The molecule has 0 spiro atoms. The molecule has 1 aliphatic heterocycles. The van der Waals surface area contributed by atoms with Gasteiger partial charge < -0.3 is 19.9 Å². The van der Waals surface area contributed by atoms with Gasteiger partial charge in [-0.05, 0) is 32.0 Å². The van der Waals surface area contributed by atoms with Crippen LogP contribution in [0.4, 0.5) is 5.69 Å². The quantitative estimate of drug-likeness (QED) is 0.481. The molecular formula is C24H25N5O3. The summed E-state index contributed by atoms with van der Waals surface area (Å²) in [6.45, 7) is 5.13. The van der Waals surface area contributed by atoms with Crippen LogP contribution in [-0.2, 0) is 9.47 Å². The standard InChI is InChI=1S/C24H25N5O3/c1-24(2,30)15-27-20-13-19(16-7-9-25-10-8-16)28-29-21(14-26-22(20)29)17-3-5-18(6-4-17)23-31-11-12-32-23/h3-10,13-14,23,27,30H,11-12,15H2,1-2H3. The number of nitrogens with zero attached hydrogens (tertiary/aromatic N) is 4. The molecular weight excluding hydrogens is 406 g/mol. The Hall–Kier alpha value is -3.33. The molecule has 1 aromatic carbocycles. The summed E-state index contributed by atoms with van der Waals surface area (Å²) >= 11 is 0. The third-order valence-corrected chi connectivity index (χ3v) is 5.26. The molecule has 0 saturated carbocycles. The fraction of sp³-hybridized carbons (Fsp3) is 0.292. The molecule has 1 saturated heterocycles. The number of anilines is 1. The van der Waals surface area contributed by atoms with Crippen molar-refractivity contribution in [2.24, 2.45) is 0 Å². The van der Waals surface area contributed by atoms with E-state index in [1.54, 1.807) is 26.2 Å². The maximum atomic E-state index is 10.2. The van der Waals surface area contributed by atoms with Gasteiger partial charge in [-0.3, -0.25) is 4.98 Å². The van der Waals surface area contributed by atoms with Crippen molar-refractivity contribution in [3.63, 3.8) is 0 Å². The maximum Gasteiger partial charge on any atom is 0.184 e. The van der Waals surface area contributed by atoms with Crippen LogP contribution in [0.3, 0.4) is 0 Å². The first-order valence-electron chi connectivity index (χ1n) is 10.6. The van der Waals surface area contributed by atoms with Gasteiger partial charge in [0, 0.05) is 35.6 Å². The second-order valence-corrected chi connectivity index (χ2v) is 8.42. The van der Waals surface area contributed by atoms with Crippen LogP contribution in [0.25, 0.3) is 28.2 Å². The fourth-order valence-corrected chi connectivity index (χ4v) is 3.63. The Morgan fingerprint density at radius 1 is 1.06 bits per heavy atom. The van der Waals surface area contributed by atoms with E-state index < -0.39 is 5.60 Å². The number of aliphatic hydroxyl groups is 1. The van der Waals surface area contributed by atoms with Crippen molar-refractivity contribution in [2.45, 2.75) is 25.7 Å². The molecule has 3 aromatic heterocycles. The van der Waals surface area contributed by atoms with Crippen LogP contribution >= 0.6 is 0 Å². The third-order valence-electron chi connectivity index (χ3n) is 5.26. The predicted octanol–water partition coefficient (Wildman–Crippen LogP) is 3.69. The number of benzene rings is 1. The minimum absolute atomic E-state index is 0.305. The van der Waals surface area contributed by atoms with Gasteiger partial charge in [0.15, 0.2) is 11.9 Å². The van der Waals surface area contributed by atoms with Gasteiger partial charge in [-0.2, -0.15) is 5.10 Å². The zero-order valence-electron chi connectivity index (χ0n) is 18.0. The first-order chi connectivity index (χ1) is 15.5. The summed E-state index contributed by atoms with van der Waals surface area (Å²) < 4.78 is 13.0. The first-order valence-corrected chi connectivity index (χ1v) is 10.6. The number of aromatic nitrogens is 4. The van der Waals surface area contributed by atoms with Crippen molar-refractivity contribution >= 4 is 11.3 Å². The maximum absolute atomic E-state index is 10.2. The van der Waals surface area contributed by atoms with Crippen molar-refractivity contribution in [2.75, 3.05) is 25.1 Å².